The molecule has 0 saturated carbocycles. The first kappa shape index (κ1) is 16.4. The van der Waals surface area contributed by atoms with Crippen molar-refractivity contribution in [3.05, 3.63) is 17.4 Å². The molecule has 0 aromatic heterocycles. The molecular weight excluding hydrogens is 248 g/mol. The maximum atomic E-state index is 5.14. The van der Waals surface area contributed by atoms with Crippen molar-refractivity contribution in [3.8, 4) is 0 Å². The van der Waals surface area contributed by atoms with Crippen molar-refractivity contribution in [2.75, 3.05) is 13.3 Å². The number of thioether (sulfide) groups is 1. The SMILES string of the molecule is CCC(C)=C=CC(C)(C)/C=N/N(C)C(=S)SC. The lowest BCUT2D eigenvalue weighted by Gasteiger charge is -2.16. The number of rotatable bonds is 4. The molecule has 0 rings (SSSR count). The summed E-state index contributed by atoms with van der Waals surface area (Å²) in [5.41, 5.74) is 4.42. The highest BCUT2D eigenvalue weighted by atomic mass is 32.2. The number of allylic oxidation sites excluding steroid dienone is 1. The lowest BCUT2D eigenvalue weighted by atomic mass is 9.95. The van der Waals surface area contributed by atoms with E-state index in [-0.39, 0.29) is 5.41 Å². The molecule has 0 N–H and O–H groups in total. The number of nitrogens with zero attached hydrogens (tertiary/aromatic N) is 2. The minimum Gasteiger partial charge on any atom is -0.252 e. The van der Waals surface area contributed by atoms with Crippen LogP contribution in [0.1, 0.15) is 34.1 Å². The topological polar surface area (TPSA) is 15.6 Å². The van der Waals surface area contributed by atoms with E-state index in [1.54, 1.807) is 5.01 Å². The van der Waals surface area contributed by atoms with E-state index in [2.05, 4.69) is 38.5 Å². The van der Waals surface area contributed by atoms with E-state index in [0.29, 0.717) is 0 Å². The molecule has 0 aromatic carbocycles. The number of hydrogen-bond acceptors (Lipinski definition) is 3. The summed E-state index contributed by atoms with van der Waals surface area (Å²) in [6.45, 7) is 8.41. The number of hydrogen-bond donors (Lipinski definition) is 0. The van der Waals surface area contributed by atoms with Gasteiger partial charge in [0.05, 0.1) is 0 Å². The summed E-state index contributed by atoms with van der Waals surface area (Å²) >= 11 is 6.66. The van der Waals surface area contributed by atoms with Crippen molar-refractivity contribution in [1.29, 1.82) is 0 Å². The minimum atomic E-state index is -0.112. The van der Waals surface area contributed by atoms with Crippen molar-refractivity contribution < 1.29 is 0 Å². The molecule has 0 amide bonds. The molecule has 0 fully saturated rings. The largest absolute Gasteiger partial charge is 0.252 e. The highest BCUT2D eigenvalue weighted by Gasteiger charge is 2.11. The molecule has 0 unspecified atom stereocenters. The van der Waals surface area contributed by atoms with Gasteiger partial charge < -0.3 is 0 Å². The fourth-order valence-corrected chi connectivity index (χ4v) is 1.22. The zero-order valence-corrected chi connectivity index (χ0v) is 13.2. The van der Waals surface area contributed by atoms with Crippen LogP contribution in [0.15, 0.2) is 22.5 Å². The molecule has 0 aliphatic carbocycles. The zero-order valence-electron chi connectivity index (χ0n) is 11.6. The van der Waals surface area contributed by atoms with Crippen molar-refractivity contribution in [2.24, 2.45) is 10.5 Å². The number of hydrazone groups is 1. The highest BCUT2D eigenvalue weighted by molar-refractivity contribution is 8.22. The van der Waals surface area contributed by atoms with Crippen LogP contribution in [0.3, 0.4) is 0 Å². The van der Waals surface area contributed by atoms with E-state index in [1.165, 1.54) is 17.3 Å². The van der Waals surface area contributed by atoms with Crippen molar-refractivity contribution >= 4 is 34.5 Å². The van der Waals surface area contributed by atoms with Gasteiger partial charge in [0.1, 0.15) is 0 Å². The predicted octanol–water partition coefficient (Wildman–Crippen LogP) is 4.09. The van der Waals surface area contributed by atoms with Gasteiger partial charge in [-0.25, -0.2) is 0 Å². The lowest BCUT2D eigenvalue weighted by molar-refractivity contribution is 0.552. The Balaban J connectivity index is 4.71. The van der Waals surface area contributed by atoms with Crippen LogP contribution in [-0.4, -0.2) is 28.8 Å². The van der Waals surface area contributed by atoms with E-state index >= 15 is 0 Å². The van der Waals surface area contributed by atoms with Crippen LogP contribution in [0.25, 0.3) is 0 Å². The first-order chi connectivity index (χ1) is 7.82. The highest BCUT2D eigenvalue weighted by Crippen LogP contribution is 2.14. The second-order valence-electron chi connectivity index (χ2n) is 4.48. The third-order valence-electron chi connectivity index (χ3n) is 2.22. The van der Waals surface area contributed by atoms with E-state index in [0.717, 1.165) is 10.7 Å². The zero-order chi connectivity index (χ0) is 13.5. The molecule has 0 aromatic rings. The average Bonchev–Trinajstić information content (AvgIpc) is 2.32. The van der Waals surface area contributed by atoms with Crippen molar-refractivity contribution in [1.82, 2.24) is 5.01 Å². The van der Waals surface area contributed by atoms with Crippen LogP contribution in [0.5, 0.6) is 0 Å². The lowest BCUT2D eigenvalue weighted by Crippen LogP contribution is -2.18. The summed E-state index contributed by atoms with van der Waals surface area (Å²) in [6.07, 6.45) is 6.92. The van der Waals surface area contributed by atoms with Crippen LogP contribution < -0.4 is 0 Å². The second kappa shape index (κ2) is 7.70. The summed E-state index contributed by atoms with van der Waals surface area (Å²) in [6, 6.07) is 0. The Bertz CT molecular complexity index is 350. The fourth-order valence-electron chi connectivity index (χ4n) is 0.863. The summed E-state index contributed by atoms with van der Waals surface area (Å²) in [7, 11) is 1.86. The van der Waals surface area contributed by atoms with Crippen LogP contribution in [0.2, 0.25) is 0 Å². The van der Waals surface area contributed by atoms with Gasteiger partial charge in [-0.1, -0.05) is 44.8 Å². The van der Waals surface area contributed by atoms with Gasteiger partial charge in [-0.2, -0.15) is 5.10 Å². The molecular formula is C13H22N2S2. The molecule has 0 radical (unpaired) electrons. The molecule has 0 saturated heterocycles. The summed E-state index contributed by atoms with van der Waals surface area (Å²) in [4.78, 5) is 0. The molecule has 0 aliphatic heterocycles. The van der Waals surface area contributed by atoms with Gasteiger partial charge in [-0.05, 0) is 31.2 Å². The summed E-state index contributed by atoms with van der Waals surface area (Å²) < 4.78 is 0.765. The minimum absolute atomic E-state index is 0.112. The number of thiocarbonyl (C=S) groups is 1. The normalized spacial score (nSPS) is 11.2. The Hall–Kier alpha value is -0.570. The van der Waals surface area contributed by atoms with Crippen LogP contribution in [-0.2, 0) is 0 Å². The molecule has 2 nitrogen and oxygen atoms in total. The van der Waals surface area contributed by atoms with Crippen LogP contribution in [0.4, 0.5) is 0 Å². The standard InChI is InChI=1S/C13H22N2S2/c1-7-11(2)8-9-13(3,4)10-14-15(5)12(16)17-6/h9-10H,7H2,1-6H3/b14-10+. The van der Waals surface area contributed by atoms with Crippen molar-refractivity contribution in [2.45, 2.75) is 34.1 Å². The fraction of sp³-hybridized carbons (Fsp3) is 0.615. The van der Waals surface area contributed by atoms with E-state index in [1.807, 2.05) is 25.6 Å². The van der Waals surface area contributed by atoms with Gasteiger partial charge in [0.15, 0.2) is 4.32 Å². The molecule has 0 heterocycles. The smallest absolute Gasteiger partial charge is 0.156 e. The van der Waals surface area contributed by atoms with E-state index in [9.17, 15) is 0 Å². The Kier molecular flexibility index (Phi) is 7.44. The summed E-state index contributed by atoms with van der Waals surface area (Å²) in [5, 5.41) is 6.05. The first-order valence-electron chi connectivity index (χ1n) is 5.62. The van der Waals surface area contributed by atoms with Gasteiger partial charge in [0.2, 0.25) is 0 Å². The molecule has 0 bridgehead atoms. The molecule has 0 aliphatic rings. The average molecular weight is 270 g/mol. The van der Waals surface area contributed by atoms with Crippen LogP contribution >= 0.6 is 24.0 Å². The van der Waals surface area contributed by atoms with Gasteiger partial charge in [0, 0.05) is 18.7 Å². The van der Waals surface area contributed by atoms with Gasteiger partial charge in [0.25, 0.3) is 0 Å². The third kappa shape index (κ3) is 7.37. The molecule has 0 atom stereocenters. The first-order valence-corrected chi connectivity index (χ1v) is 7.26. The Labute approximate surface area is 115 Å². The van der Waals surface area contributed by atoms with E-state index < -0.39 is 0 Å². The van der Waals surface area contributed by atoms with Crippen LogP contribution in [0, 0.1) is 5.41 Å². The Morgan fingerprint density at radius 1 is 1.53 bits per heavy atom. The molecule has 96 valence electrons. The second-order valence-corrected chi connectivity index (χ2v) is 5.92. The maximum absolute atomic E-state index is 5.14. The summed E-state index contributed by atoms with van der Waals surface area (Å²) in [5.74, 6) is 0. The van der Waals surface area contributed by atoms with Gasteiger partial charge in [-0.3, -0.25) is 5.01 Å². The third-order valence-corrected chi connectivity index (χ3v) is 3.60. The Morgan fingerprint density at radius 3 is 2.59 bits per heavy atom. The predicted molar refractivity (Wildman–Crippen MR) is 83.7 cm³/mol. The van der Waals surface area contributed by atoms with E-state index in [4.69, 9.17) is 12.2 Å². The maximum Gasteiger partial charge on any atom is 0.156 e. The van der Waals surface area contributed by atoms with Gasteiger partial charge >= 0.3 is 0 Å². The molecule has 4 heteroatoms. The monoisotopic (exact) mass is 270 g/mol. The quantitative estimate of drug-likeness (QED) is 0.331. The molecule has 0 spiro atoms. The van der Waals surface area contributed by atoms with Crippen molar-refractivity contribution in [3.63, 3.8) is 0 Å². The van der Waals surface area contributed by atoms with Gasteiger partial charge in [-0.15, -0.1) is 5.73 Å². The Morgan fingerprint density at radius 2 is 2.12 bits per heavy atom. The molecule has 17 heavy (non-hydrogen) atoms.